The molecule has 2 aromatic rings. The Labute approximate surface area is 121 Å². The molecule has 0 aliphatic rings. The van der Waals surface area contributed by atoms with Gasteiger partial charge in [0, 0.05) is 5.69 Å². The molecule has 19 heavy (non-hydrogen) atoms. The lowest BCUT2D eigenvalue weighted by molar-refractivity contribution is 0.102. The smallest absolute Gasteiger partial charge is 0.257 e. The normalized spacial score (nSPS) is 10.3. The van der Waals surface area contributed by atoms with Crippen LogP contribution in [0, 0.1) is 6.92 Å². The Bertz CT molecular complexity index is 641. The van der Waals surface area contributed by atoms with Crippen LogP contribution in [0.5, 0.6) is 0 Å². The Morgan fingerprint density at radius 2 is 1.84 bits per heavy atom. The van der Waals surface area contributed by atoms with Gasteiger partial charge in [-0.15, -0.1) is 0 Å². The summed E-state index contributed by atoms with van der Waals surface area (Å²) in [7, 11) is 0. The number of nitrogens with one attached hydrogen (secondary N) is 1. The highest BCUT2D eigenvalue weighted by molar-refractivity contribution is 6.40. The highest BCUT2D eigenvalue weighted by Crippen LogP contribution is 2.33. The van der Waals surface area contributed by atoms with E-state index in [4.69, 9.17) is 28.9 Å². The molecule has 1 amide bonds. The molecule has 0 aliphatic carbocycles. The summed E-state index contributed by atoms with van der Waals surface area (Å²) < 4.78 is 0. The molecule has 0 heterocycles. The molecule has 0 fully saturated rings. The first-order chi connectivity index (χ1) is 9.00. The van der Waals surface area contributed by atoms with E-state index < -0.39 is 0 Å². The van der Waals surface area contributed by atoms with E-state index in [2.05, 4.69) is 5.32 Å². The van der Waals surface area contributed by atoms with Crippen LogP contribution in [0.1, 0.15) is 15.9 Å². The van der Waals surface area contributed by atoms with Crippen molar-refractivity contribution in [3.63, 3.8) is 0 Å². The van der Waals surface area contributed by atoms with Gasteiger partial charge in [-0.3, -0.25) is 4.79 Å². The number of carbonyl (C=O) groups is 1. The molecule has 98 valence electrons. The van der Waals surface area contributed by atoms with Crippen molar-refractivity contribution in [2.24, 2.45) is 0 Å². The zero-order chi connectivity index (χ0) is 14.0. The molecule has 2 aromatic carbocycles. The third kappa shape index (κ3) is 2.83. The first-order valence-corrected chi connectivity index (χ1v) is 6.36. The fraction of sp³-hybridized carbons (Fsp3) is 0.0714. The van der Waals surface area contributed by atoms with Crippen LogP contribution in [0.15, 0.2) is 36.4 Å². The average Bonchev–Trinajstić information content (AvgIpc) is 2.39. The third-order valence-corrected chi connectivity index (χ3v) is 3.53. The number of carbonyl (C=O) groups excluding carboxylic acids is 1. The number of nitrogens with two attached hydrogens (primary N) is 1. The lowest BCUT2D eigenvalue weighted by atomic mass is 10.1. The largest absolute Gasteiger partial charge is 0.398 e. The number of hydrogen-bond donors (Lipinski definition) is 2. The van der Waals surface area contributed by atoms with E-state index in [1.165, 1.54) is 0 Å². The van der Waals surface area contributed by atoms with Crippen molar-refractivity contribution in [1.82, 2.24) is 0 Å². The highest BCUT2D eigenvalue weighted by Gasteiger charge is 2.14. The molecule has 0 aliphatic heterocycles. The fourth-order valence-electron chi connectivity index (χ4n) is 1.66. The zero-order valence-corrected chi connectivity index (χ0v) is 11.7. The SMILES string of the molecule is Cc1ccc(Cl)c(NC(=O)c2ccccc2N)c1Cl. The molecule has 0 bridgehead atoms. The van der Waals surface area contributed by atoms with Crippen molar-refractivity contribution in [1.29, 1.82) is 0 Å². The molecule has 0 radical (unpaired) electrons. The summed E-state index contributed by atoms with van der Waals surface area (Å²) >= 11 is 12.2. The number of nitrogen functional groups attached to an aromatic ring is 1. The second kappa shape index (κ2) is 5.51. The van der Waals surface area contributed by atoms with Crippen LogP contribution in [0.3, 0.4) is 0 Å². The topological polar surface area (TPSA) is 55.1 Å². The van der Waals surface area contributed by atoms with Gasteiger partial charge in [-0.05, 0) is 30.7 Å². The minimum Gasteiger partial charge on any atom is -0.398 e. The van der Waals surface area contributed by atoms with Gasteiger partial charge in [0.25, 0.3) is 5.91 Å². The number of amides is 1. The number of halogens is 2. The third-order valence-electron chi connectivity index (χ3n) is 2.73. The van der Waals surface area contributed by atoms with Crippen molar-refractivity contribution in [3.05, 3.63) is 57.6 Å². The Hall–Kier alpha value is -1.71. The van der Waals surface area contributed by atoms with Crippen LogP contribution in [0.25, 0.3) is 0 Å². The number of rotatable bonds is 2. The Balaban J connectivity index is 2.35. The predicted octanol–water partition coefficient (Wildman–Crippen LogP) is 4.14. The monoisotopic (exact) mass is 294 g/mol. The van der Waals surface area contributed by atoms with Gasteiger partial charge in [0.1, 0.15) is 0 Å². The lowest BCUT2D eigenvalue weighted by Crippen LogP contribution is -2.14. The molecule has 3 N–H and O–H groups in total. The van der Waals surface area contributed by atoms with E-state index in [9.17, 15) is 4.79 Å². The van der Waals surface area contributed by atoms with Crippen molar-refractivity contribution in [3.8, 4) is 0 Å². The van der Waals surface area contributed by atoms with Crippen molar-refractivity contribution >= 4 is 40.5 Å². The van der Waals surface area contributed by atoms with E-state index in [1.807, 2.05) is 6.92 Å². The van der Waals surface area contributed by atoms with Gasteiger partial charge in [0.15, 0.2) is 0 Å². The maximum atomic E-state index is 12.1. The maximum absolute atomic E-state index is 12.1. The Morgan fingerprint density at radius 3 is 2.53 bits per heavy atom. The summed E-state index contributed by atoms with van der Waals surface area (Å²) in [6.07, 6.45) is 0. The first kappa shape index (κ1) is 13.7. The van der Waals surface area contributed by atoms with Crippen molar-refractivity contribution in [2.75, 3.05) is 11.1 Å². The molecular formula is C14H12Cl2N2O. The number of hydrogen-bond acceptors (Lipinski definition) is 2. The summed E-state index contributed by atoms with van der Waals surface area (Å²) in [5.74, 6) is -0.340. The lowest BCUT2D eigenvalue weighted by Gasteiger charge is -2.12. The van der Waals surface area contributed by atoms with Crippen LogP contribution >= 0.6 is 23.2 Å². The summed E-state index contributed by atoms with van der Waals surface area (Å²) in [6.45, 7) is 1.84. The predicted molar refractivity (Wildman–Crippen MR) is 80.0 cm³/mol. The van der Waals surface area contributed by atoms with Crippen molar-refractivity contribution in [2.45, 2.75) is 6.92 Å². The Kier molecular flexibility index (Phi) is 3.98. The van der Waals surface area contributed by atoms with Gasteiger partial charge in [-0.1, -0.05) is 41.4 Å². The second-order valence-corrected chi connectivity index (χ2v) is 4.88. The summed E-state index contributed by atoms with van der Waals surface area (Å²) in [5.41, 5.74) is 7.78. The molecule has 0 atom stereocenters. The fourth-order valence-corrected chi connectivity index (χ4v) is 2.12. The van der Waals surface area contributed by atoms with Gasteiger partial charge in [0.05, 0.1) is 21.3 Å². The van der Waals surface area contributed by atoms with Crippen LogP contribution in [0.2, 0.25) is 10.0 Å². The minimum atomic E-state index is -0.340. The van der Waals surface area contributed by atoms with Gasteiger partial charge >= 0.3 is 0 Å². The summed E-state index contributed by atoms with van der Waals surface area (Å²) in [6, 6.07) is 10.3. The van der Waals surface area contributed by atoms with E-state index in [1.54, 1.807) is 36.4 Å². The number of benzene rings is 2. The van der Waals surface area contributed by atoms with Crippen LogP contribution in [0.4, 0.5) is 11.4 Å². The molecule has 3 nitrogen and oxygen atoms in total. The van der Waals surface area contributed by atoms with E-state index in [0.717, 1.165) is 5.56 Å². The molecule has 2 rings (SSSR count). The molecule has 0 spiro atoms. The van der Waals surface area contributed by atoms with Crippen LogP contribution < -0.4 is 11.1 Å². The second-order valence-electron chi connectivity index (χ2n) is 4.09. The van der Waals surface area contributed by atoms with Crippen LogP contribution in [-0.2, 0) is 0 Å². The maximum Gasteiger partial charge on any atom is 0.257 e. The molecular weight excluding hydrogens is 283 g/mol. The molecule has 5 heteroatoms. The van der Waals surface area contributed by atoms with Gasteiger partial charge in [-0.25, -0.2) is 0 Å². The van der Waals surface area contributed by atoms with Crippen molar-refractivity contribution < 1.29 is 4.79 Å². The molecule has 0 unspecified atom stereocenters. The number of para-hydroxylation sites is 1. The standard InChI is InChI=1S/C14H12Cl2N2O/c1-8-6-7-10(15)13(12(8)16)18-14(19)9-4-2-3-5-11(9)17/h2-7H,17H2,1H3,(H,18,19). The average molecular weight is 295 g/mol. The summed E-state index contributed by atoms with van der Waals surface area (Å²) in [5, 5.41) is 3.51. The van der Waals surface area contributed by atoms with Gasteiger partial charge in [-0.2, -0.15) is 0 Å². The number of anilines is 2. The number of aryl methyl sites for hydroxylation is 1. The van der Waals surface area contributed by atoms with Crippen LogP contribution in [-0.4, -0.2) is 5.91 Å². The summed E-state index contributed by atoms with van der Waals surface area (Å²) in [4.78, 5) is 12.1. The quantitative estimate of drug-likeness (QED) is 0.818. The molecule has 0 aromatic heterocycles. The van der Waals surface area contributed by atoms with Gasteiger partial charge < -0.3 is 11.1 Å². The van der Waals surface area contributed by atoms with Gasteiger partial charge in [0.2, 0.25) is 0 Å². The highest BCUT2D eigenvalue weighted by atomic mass is 35.5. The minimum absolute atomic E-state index is 0.340. The molecule has 0 saturated carbocycles. The first-order valence-electron chi connectivity index (χ1n) is 5.61. The Morgan fingerprint density at radius 1 is 1.16 bits per heavy atom. The zero-order valence-electron chi connectivity index (χ0n) is 10.2. The van der Waals surface area contributed by atoms with E-state index in [0.29, 0.717) is 27.0 Å². The van der Waals surface area contributed by atoms with E-state index in [-0.39, 0.29) is 5.91 Å². The molecule has 0 saturated heterocycles. The van der Waals surface area contributed by atoms with E-state index >= 15 is 0 Å².